The van der Waals surface area contributed by atoms with E-state index in [1.165, 1.54) is 6.33 Å². The molecule has 3 rings (SSSR count). The molecule has 0 fully saturated rings. The van der Waals surface area contributed by atoms with Gasteiger partial charge in [0.15, 0.2) is 5.82 Å². The lowest BCUT2D eigenvalue weighted by atomic mass is 10.2. The summed E-state index contributed by atoms with van der Waals surface area (Å²) >= 11 is 0. The third kappa shape index (κ3) is 1.53. The Morgan fingerprint density at radius 3 is 2.89 bits per heavy atom. The third-order valence-corrected chi connectivity index (χ3v) is 2.54. The Morgan fingerprint density at radius 2 is 2.17 bits per heavy atom. The van der Waals surface area contributed by atoms with Crippen molar-refractivity contribution in [1.82, 2.24) is 24.7 Å². The van der Waals surface area contributed by atoms with Crippen LogP contribution >= 0.6 is 0 Å². The number of rotatable bonds is 2. The molecule has 7 heteroatoms. The molecule has 0 bridgehead atoms. The monoisotopic (exact) mass is 242 g/mol. The van der Waals surface area contributed by atoms with Crippen molar-refractivity contribution >= 4 is 16.9 Å². The maximum absolute atomic E-state index is 5.72. The molecule has 0 amide bonds. The fourth-order valence-electron chi connectivity index (χ4n) is 1.78. The summed E-state index contributed by atoms with van der Waals surface area (Å²) in [4.78, 5) is 12.3. The van der Waals surface area contributed by atoms with Gasteiger partial charge in [0.25, 0.3) is 0 Å². The molecule has 0 aliphatic rings. The van der Waals surface area contributed by atoms with Crippen molar-refractivity contribution in [2.75, 3.05) is 12.8 Å². The Kier molecular flexibility index (Phi) is 2.30. The molecule has 0 aliphatic heterocycles. The van der Waals surface area contributed by atoms with Gasteiger partial charge in [0.2, 0.25) is 5.95 Å². The quantitative estimate of drug-likeness (QED) is 0.714. The minimum absolute atomic E-state index is 0.164. The molecule has 0 saturated carbocycles. The molecule has 0 radical (unpaired) electrons. The molecule has 2 N–H and O–H groups in total. The first kappa shape index (κ1) is 10.5. The maximum Gasteiger partial charge on any atom is 0.222 e. The highest BCUT2D eigenvalue weighted by Gasteiger charge is 2.11. The Morgan fingerprint density at radius 1 is 1.28 bits per heavy atom. The zero-order valence-electron chi connectivity index (χ0n) is 9.61. The van der Waals surface area contributed by atoms with E-state index in [0.717, 1.165) is 5.39 Å². The zero-order chi connectivity index (χ0) is 12.5. The topological polar surface area (TPSA) is 91.7 Å². The van der Waals surface area contributed by atoms with Crippen LogP contribution in [-0.2, 0) is 0 Å². The van der Waals surface area contributed by atoms with Gasteiger partial charge < -0.3 is 10.5 Å². The highest BCUT2D eigenvalue weighted by molar-refractivity contribution is 5.90. The van der Waals surface area contributed by atoms with E-state index in [0.29, 0.717) is 17.1 Å². The first-order chi connectivity index (χ1) is 8.79. The summed E-state index contributed by atoms with van der Waals surface area (Å²) in [6.07, 6.45) is 2.99. The minimum Gasteiger partial charge on any atom is -0.494 e. The molecule has 0 unspecified atom stereocenters. The predicted molar refractivity (Wildman–Crippen MR) is 65.4 cm³/mol. The van der Waals surface area contributed by atoms with Crippen LogP contribution in [0.1, 0.15) is 0 Å². The highest BCUT2D eigenvalue weighted by Crippen LogP contribution is 2.27. The molecule has 7 nitrogen and oxygen atoms in total. The van der Waals surface area contributed by atoms with E-state index in [4.69, 9.17) is 10.5 Å². The Labute approximate surface area is 102 Å². The van der Waals surface area contributed by atoms with Gasteiger partial charge in [0, 0.05) is 5.39 Å². The van der Waals surface area contributed by atoms with Gasteiger partial charge in [-0.1, -0.05) is 6.07 Å². The fraction of sp³-hybridized carbons (Fsp3) is 0.0909. The van der Waals surface area contributed by atoms with Gasteiger partial charge >= 0.3 is 0 Å². The van der Waals surface area contributed by atoms with Gasteiger partial charge in [0.05, 0.1) is 7.11 Å². The van der Waals surface area contributed by atoms with Crippen LogP contribution in [0.4, 0.5) is 5.95 Å². The van der Waals surface area contributed by atoms with Crippen LogP contribution in [0.5, 0.6) is 5.75 Å². The lowest BCUT2D eigenvalue weighted by Gasteiger charge is -2.08. The lowest BCUT2D eigenvalue weighted by molar-refractivity contribution is 0.419. The minimum atomic E-state index is 0.164. The number of hydrogen-bond acceptors (Lipinski definition) is 6. The van der Waals surface area contributed by atoms with E-state index < -0.39 is 0 Å². The van der Waals surface area contributed by atoms with Crippen LogP contribution < -0.4 is 10.5 Å². The van der Waals surface area contributed by atoms with Crippen LogP contribution in [-0.4, -0.2) is 31.8 Å². The van der Waals surface area contributed by atoms with Crippen LogP contribution in [0.15, 0.2) is 30.9 Å². The first-order valence-electron chi connectivity index (χ1n) is 5.25. The SMILES string of the molecule is COc1cccc2c(-n3cncn3)nc(N)nc12. The van der Waals surface area contributed by atoms with Crippen molar-refractivity contribution < 1.29 is 4.74 Å². The largest absolute Gasteiger partial charge is 0.494 e. The van der Waals surface area contributed by atoms with E-state index in [9.17, 15) is 0 Å². The number of methoxy groups -OCH3 is 1. The van der Waals surface area contributed by atoms with Crippen molar-refractivity contribution in [2.45, 2.75) is 0 Å². The summed E-state index contributed by atoms with van der Waals surface area (Å²) < 4.78 is 6.81. The lowest BCUT2D eigenvalue weighted by Crippen LogP contribution is -2.05. The van der Waals surface area contributed by atoms with Gasteiger partial charge in [-0.15, -0.1) is 0 Å². The Bertz CT molecular complexity index is 694. The summed E-state index contributed by atoms with van der Waals surface area (Å²) in [5, 5.41) is 4.85. The van der Waals surface area contributed by atoms with Crippen LogP contribution in [0.2, 0.25) is 0 Å². The average molecular weight is 242 g/mol. The average Bonchev–Trinajstić information content (AvgIpc) is 2.90. The number of nitrogens with two attached hydrogens (primary N) is 1. The van der Waals surface area contributed by atoms with E-state index in [1.807, 2.05) is 18.2 Å². The van der Waals surface area contributed by atoms with Gasteiger partial charge in [-0.05, 0) is 12.1 Å². The Hall–Kier alpha value is -2.70. The standard InChI is InChI=1S/C11H10N6O/c1-18-8-4-2-3-7-9(8)15-11(12)16-10(7)17-6-13-5-14-17/h2-6H,1H3,(H2,12,15,16). The van der Waals surface area contributed by atoms with Crippen molar-refractivity contribution in [3.63, 3.8) is 0 Å². The summed E-state index contributed by atoms with van der Waals surface area (Å²) in [6, 6.07) is 5.56. The maximum atomic E-state index is 5.72. The predicted octanol–water partition coefficient (Wildman–Crippen LogP) is 0.801. The molecule has 1 aromatic carbocycles. The number of nitrogens with zero attached hydrogens (tertiary/aromatic N) is 5. The summed E-state index contributed by atoms with van der Waals surface area (Å²) in [5.74, 6) is 1.38. The van der Waals surface area contributed by atoms with Gasteiger partial charge in [-0.3, -0.25) is 0 Å². The van der Waals surface area contributed by atoms with E-state index in [1.54, 1.807) is 18.1 Å². The summed E-state index contributed by atoms with van der Waals surface area (Å²) in [6.45, 7) is 0. The number of hydrogen-bond donors (Lipinski definition) is 1. The number of fused-ring (bicyclic) bond motifs is 1. The van der Waals surface area contributed by atoms with E-state index >= 15 is 0 Å². The van der Waals surface area contributed by atoms with Gasteiger partial charge in [-0.2, -0.15) is 10.1 Å². The normalized spacial score (nSPS) is 10.7. The number of nitrogen functional groups attached to an aromatic ring is 1. The van der Waals surface area contributed by atoms with Crippen LogP contribution in [0.3, 0.4) is 0 Å². The molecule has 18 heavy (non-hydrogen) atoms. The molecule has 0 aliphatic carbocycles. The first-order valence-corrected chi connectivity index (χ1v) is 5.25. The third-order valence-electron chi connectivity index (χ3n) is 2.54. The van der Waals surface area contributed by atoms with Crippen molar-refractivity contribution in [2.24, 2.45) is 0 Å². The molecule has 90 valence electrons. The molecule has 2 heterocycles. The van der Waals surface area contributed by atoms with Gasteiger partial charge in [0.1, 0.15) is 23.9 Å². The molecule has 0 spiro atoms. The second kappa shape index (κ2) is 3.95. The number of benzene rings is 1. The van der Waals surface area contributed by atoms with Gasteiger partial charge in [-0.25, -0.2) is 14.6 Å². The van der Waals surface area contributed by atoms with Crippen molar-refractivity contribution in [3.8, 4) is 11.6 Å². The van der Waals surface area contributed by atoms with Crippen molar-refractivity contribution in [3.05, 3.63) is 30.9 Å². The molecular formula is C11H10N6O. The molecule has 2 aromatic heterocycles. The summed E-state index contributed by atoms with van der Waals surface area (Å²) in [7, 11) is 1.59. The van der Waals surface area contributed by atoms with Crippen molar-refractivity contribution in [1.29, 1.82) is 0 Å². The number of anilines is 1. The smallest absolute Gasteiger partial charge is 0.222 e. The van der Waals surface area contributed by atoms with E-state index in [2.05, 4.69) is 20.1 Å². The number of ether oxygens (including phenoxy) is 1. The number of aromatic nitrogens is 5. The molecule has 0 atom stereocenters. The highest BCUT2D eigenvalue weighted by atomic mass is 16.5. The molecule has 0 saturated heterocycles. The zero-order valence-corrected chi connectivity index (χ0v) is 9.61. The Balaban J connectivity index is 2.39. The molecular weight excluding hydrogens is 232 g/mol. The fourth-order valence-corrected chi connectivity index (χ4v) is 1.78. The number of para-hydroxylation sites is 1. The van der Waals surface area contributed by atoms with E-state index in [-0.39, 0.29) is 5.95 Å². The summed E-state index contributed by atoms with van der Waals surface area (Å²) in [5.41, 5.74) is 6.37. The molecule has 3 aromatic rings. The second-order valence-electron chi connectivity index (χ2n) is 3.60. The van der Waals surface area contributed by atoms with Crippen LogP contribution in [0.25, 0.3) is 16.7 Å². The second-order valence-corrected chi connectivity index (χ2v) is 3.60. The van der Waals surface area contributed by atoms with Crippen LogP contribution in [0, 0.1) is 0 Å².